The van der Waals surface area contributed by atoms with E-state index in [9.17, 15) is 0 Å². The van der Waals surface area contributed by atoms with E-state index in [-0.39, 0.29) is 0 Å². The van der Waals surface area contributed by atoms with Gasteiger partial charge in [-0.2, -0.15) is 0 Å². The highest BCUT2D eigenvalue weighted by molar-refractivity contribution is 9.09. The molecule has 0 radical (unpaired) electrons. The smallest absolute Gasteiger partial charge is 0.0794 e. The zero-order chi connectivity index (χ0) is 10.5. The minimum atomic E-state index is 0.717. The SMILES string of the molecule is BrCC1CCCCCN1Cc1cncs1. The lowest BCUT2D eigenvalue weighted by Gasteiger charge is -2.27. The highest BCUT2D eigenvalue weighted by Crippen LogP contribution is 2.21. The predicted molar refractivity (Wildman–Crippen MR) is 68.6 cm³/mol. The number of thiazole rings is 1. The van der Waals surface area contributed by atoms with Gasteiger partial charge in [0.05, 0.1) is 5.51 Å². The molecular weight excluding hydrogens is 272 g/mol. The summed E-state index contributed by atoms with van der Waals surface area (Å²) in [5.74, 6) is 0. The van der Waals surface area contributed by atoms with Gasteiger partial charge in [0, 0.05) is 29.0 Å². The van der Waals surface area contributed by atoms with Gasteiger partial charge >= 0.3 is 0 Å². The topological polar surface area (TPSA) is 16.1 Å². The molecule has 1 aliphatic heterocycles. The van der Waals surface area contributed by atoms with Gasteiger partial charge in [0.2, 0.25) is 0 Å². The molecular formula is C11H17BrN2S. The molecule has 0 N–H and O–H groups in total. The number of rotatable bonds is 3. The quantitative estimate of drug-likeness (QED) is 0.794. The number of likely N-dealkylation sites (tertiary alicyclic amines) is 1. The molecule has 0 saturated carbocycles. The summed E-state index contributed by atoms with van der Waals surface area (Å²) in [6.45, 7) is 2.33. The highest BCUT2D eigenvalue weighted by atomic mass is 79.9. The molecule has 2 heterocycles. The summed E-state index contributed by atoms with van der Waals surface area (Å²) >= 11 is 5.40. The average molecular weight is 289 g/mol. The van der Waals surface area contributed by atoms with Crippen LogP contribution in [0, 0.1) is 0 Å². The van der Waals surface area contributed by atoms with Crippen molar-refractivity contribution in [2.45, 2.75) is 38.3 Å². The van der Waals surface area contributed by atoms with E-state index in [0.717, 1.165) is 17.9 Å². The molecule has 4 heteroatoms. The molecule has 0 aliphatic carbocycles. The zero-order valence-corrected chi connectivity index (χ0v) is 11.3. The van der Waals surface area contributed by atoms with Crippen LogP contribution < -0.4 is 0 Å². The second-order valence-corrected chi connectivity index (χ2v) is 5.71. The van der Waals surface area contributed by atoms with Gasteiger partial charge in [-0.3, -0.25) is 9.88 Å². The Morgan fingerprint density at radius 2 is 2.40 bits per heavy atom. The van der Waals surface area contributed by atoms with Crippen LogP contribution in [0.3, 0.4) is 0 Å². The second-order valence-electron chi connectivity index (χ2n) is 4.10. The van der Waals surface area contributed by atoms with Crippen LogP contribution in [0.2, 0.25) is 0 Å². The van der Waals surface area contributed by atoms with Gasteiger partial charge < -0.3 is 0 Å². The molecule has 1 aromatic rings. The molecule has 15 heavy (non-hydrogen) atoms. The number of nitrogens with zero attached hydrogens (tertiary/aromatic N) is 2. The monoisotopic (exact) mass is 288 g/mol. The summed E-state index contributed by atoms with van der Waals surface area (Å²) in [6.07, 6.45) is 7.46. The van der Waals surface area contributed by atoms with Crippen molar-refractivity contribution in [2.75, 3.05) is 11.9 Å². The van der Waals surface area contributed by atoms with Crippen LogP contribution in [0.15, 0.2) is 11.7 Å². The summed E-state index contributed by atoms with van der Waals surface area (Å²) in [7, 11) is 0. The number of hydrogen-bond acceptors (Lipinski definition) is 3. The van der Waals surface area contributed by atoms with Crippen molar-refractivity contribution >= 4 is 27.3 Å². The van der Waals surface area contributed by atoms with E-state index in [1.807, 2.05) is 11.7 Å². The van der Waals surface area contributed by atoms with Crippen molar-refractivity contribution in [1.29, 1.82) is 0 Å². The van der Waals surface area contributed by atoms with E-state index < -0.39 is 0 Å². The van der Waals surface area contributed by atoms with Crippen LogP contribution in [0.5, 0.6) is 0 Å². The Labute approximate surface area is 104 Å². The second kappa shape index (κ2) is 5.97. The fraction of sp³-hybridized carbons (Fsp3) is 0.727. The zero-order valence-electron chi connectivity index (χ0n) is 8.86. The standard InChI is InChI=1S/C11H17BrN2S/c12-6-10-4-2-1-3-5-14(10)8-11-7-13-9-15-11/h7,9-10H,1-6,8H2. The number of alkyl halides is 1. The van der Waals surface area contributed by atoms with E-state index in [1.165, 1.54) is 37.1 Å². The normalized spacial score (nSPS) is 23.9. The van der Waals surface area contributed by atoms with Crippen LogP contribution in [-0.4, -0.2) is 27.8 Å². The van der Waals surface area contributed by atoms with Gasteiger partial charge in [-0.1, -0.05) is 28.8 Å². The summed E-state index contributed by atoms with van der Waals surface area (Å²) < 4.78 is 0. The maximum Gasteiger partial charge on any atom is 0.0794 e. The number of halogens is 1. The van der Waals surface area contributed by atoms with E-state index in [1.54, 1.807) is 11.3 Å². The van der Waals surface area contributed by atoms with Gasteiger partial charge in [0.15, 0.2) is 0 Å². The van der Waals surface area contributed by atoms with Gasteiger partial charge in [0.1, 0.15) is 0 Å². The van der Waals surface area contributed by atoms with Gasteiger partial charge in [-0.15, -0.1) is 11.3 Å². The maximum atomic E-state index is 4.14. The summed E-state index contributed by atoms with van der Waals surface area (Å²) in [4.78, 5) is 8.14. The van der Waals surface area contributed by atoms with Crippen LogP contribution in [0.4, 0.5) is 0 Å². The molecule has 1 aliphatic rings. The van der Waals surface area contributed by atoms with Crippen molar-refractivity contribution in [3.05, 3.63) is 16.6 Å². The van der Waals surface area contributed by atoms with Crippen molar-refractivity contribution < 1.29 is 0 Å². The Kier molecular flexibility index (Phi) is 4.60. The van der Waals surface area contributed by atoms with E-state index >= 15 is 0 Å². The van der Waals surface area contributed by atoms with Crippen LogP contribution in [0.25, 0.3) is 0 Å². The fourth-order valence-corrected chi connectivity index (χ4v) is 3.49. The molecule has 1 unspecified atom stereocenters. The largest absolute Gasteiger partial charge is 0.294 e. The Morgan fingerprint density at radius 1 is 1.47 bits per heavy atom. The molecule has 1 aromatic heterocycles. The van der Waals surface area contributed by atoms with Gasteiger partial charge in [-0.25, -0.2) is 0 Å². The first kappa shape index (κ1) is 11.6. The van der Waals surface area contributed by atoms with Crippen LogP contribution in [-0.2, 0) is 6.54 Å². The van der Waals surface area contributed by atoms with Crippen molar-refractivity contribution in [3.63, 3.8) is 0 Å². The maximum absolute atomic E-state index is 4.14. The van der Waals surface area contributed by atoms with Crippen molar-refractivity contribution in [1.82, 2.24) is 9.88 Å². The number of aromatic nitrogens is 1. The fourth-order valence-electron chi connectivity index (χ4n) is 2.14. The summed E-state index contributed by atoms with van der Waals surface area (Å²) in [5.41, 5.74) is 1.93. The molecule has 0 aromatic carbocycles. The third kappa shape index (κ3) is 3.26. The molecule has 1 atom stereocenters. The molecule has 84 valence electrons. The molecule has 2 nitrogen and oxygen atoms in total. The molecule has 0 amide bonds. The first-order chi connectivity index (χ1) is 7.40. The Hall–Kier alpha value is 0.0700. The highest BCUT2D eigenvalue weighted by Gasteiger charge is 2.20. The molecule has 0 bridgehead atoms. The third-order valence-corrected chi connectivity index (χ3v) is 4.53. The Bertz CT molecular complexity index is 276. The Balaban J connectivity index is 1.97. The molecule has 0 spiro atoms. The Morgan fingerprint density at radius 3 is 3.13 bits per heavy atom. The van der Waals surface area contributed by atoms with E-state index in [2.05, 4.69) is 25.8 Å². The first-order valence-corrected chi connectivity index (χ1v) is 7.57. The van der Waals surface area contributed by atoms with Gasteiger partial charge in [-0.05, 0) is 19.4 Å². The van der Waals surface area contributed by atoms with Crippen molar-refractivity contribution in [3.8, 4) is 0 Å². The third-order valence-electron chi connectivity index (χ3n) is 3.02. The van der Waals surface area contributed by atoms with E-state index in [4.69, 9.17) is 0 Å². The average Bonchev–Trinajstić information content (AvgIpc) is 2.64. The predicted octanol–water partition coefficient (Wildman–Crippen LogP) is 3.28. The van der Waals surface area contributed by atoms with Crippen molar-refractivity contribution in [2.24, 2.45) is 0 Å². The lowest BCUT2D eigenvalue weighted by molar-refractivity contribution is 0.211. The minimum absolute atomic E-state index is 0.717. The molecule has 2 rings (SSSR count). The van der Waals surface area contributed by atoms with Crippen LogP contribution in [0.1, 0.15) is 30.6 Å². The molecule has 1 fully saturated rings. The number of hydrogen-bond donors (Lipinski definition) is 0. The minimum Gasteiger partial charge on any atom is -0.294 e. The van der Waals surface area contributed by atoms with Gasteiger partial charge in [0.25, 0.3) is 0 Å². The van der Waals surface area contributed by atoms with E-state index in [0.29, 0.717) is 0 Å². The molecule has 1 saturated heterocycles. The lowest BCUT2D eigenvalue weighted by atomic mass is 10.1. The lowest BCUT2D eigenvalue weighted by Crippen LogP contribution is -2.35. The first-order valence-electron chi connectivity index (χ1n) is 5.57. The van der Waals surface area contributed by atoms with Crippen LogP contribution >= 0.6 is 27.3 Å². The summed E-state index contributed by atoms with van der Waals surface area (Å²) in [5, 5.41) is 1.10. The summed E-state index contributed by atoms with van der Waals surface area (Å²) in [6, 6.07) is 0.717.